The smallest absolute Gasteiger partial charge is 0.241 e. The van der Waals surface area contributed by atoms with Crippen molar-refractivity contribution in [3.05, 3.63) is 101 Å². The molecule has 35 heavy (non-hydrogen) atoms. The van der Waals surface area contributed by atoms with Crippen LogP contribution in [0, 0.1) is 18.8 Å². The van der Waals surface area contributed by atoms with Crippen LogP contribution in [-0.2, 0) is 20.7 Å². The zero-order valence-electron chi connectivity index (χ0n) is 19.4. The predicted octanol–water partition coefficient (Wildman–Crippen LogP) is 4.25. The molecular weight excluding hydrogens is 442 g/mol. The second kappa shape index (κ2) is 7.55. The fourth-order valence-corrected chi connectivity index (χ4v) is 5.71. The Kier molecular flexibility index (Phi) is 4.66. The van der Waals surface area contributed by atoms with Gasteiger partial charge >= 0.3 is 0 Å². The van der Waals surface area contributed by atoms with Gasteiger partial charge in [0, 0.05) is 11.1 Å². The first-order valence-corrected chi connectivity index (χ1v) is 11.8. The Morgan fingerprint density at radius 2 is 1.40 bits per heavy atom. The number of nitrogens with zero attached hydrogens (tertiary/aromatic N) is 1. The van der Waals surface area contributed by atoms with Crippen LogP contribution >= 0.6 is 0 Å². The number of rotatable bonds is 3. The lowest BCUT2D eigenvalue weighted by atomic mass is 9.77. The van der Waals surface area contributed by atoms with Gasteiger partial charge in [-0.15, -0.1) is 0 Å². The summed E-state index contributed by atoms with van der Waals surface area (Å²) < 4.78 is 6.32. The number of fused-ring (bicyclic) bond motifs is 3. The Labute approximate surface area is 202 Å². The summed E-state index contributed by atoms with van der Waals surface area (Å²) in [5.74, 6) is -4.36. The fraction of sp³-hybridized carbons (Fsp3) is 0.241. The van der Waals surface area contributed by atoms with Crippen LogP contribution in [0.2, 0.25) is 0 Å². The summed E-state index contributed by atoms with van der Waals surface area (Å²) in [6.45, 7) is 3.95. The number of aryl methyl sites for hydroxylation is 2. The molecule has 0 N–H and O–H groups in total. The van der Waals surface area contributed by atoms with E-state index >= 15 is 0 Å². The summed E-state index contributed by atoms with van der Waals surface area (Å²) in [5.41, 5.74) is 1.59. The van der Waals surface area contributed by atoms with Crippen molar-refractivity contribution in [3.8, 4) is 0 Å². The van der Waals surface area contributed by atoms with E-state index < -0.39 is 46.9 Å². The van der Waals surface area contributed by atoms with E-state index in [0.29, 0.717) is 11.3 Å². The van der Waals surface area contributed by atoms with Crippen LogP contribution in [0.4, 0.5) is 5.69 Å². The molecule has 3 aromatic rings. The molecule has 2 fully saturated rings. The first kappa shape index (κ1) is 21.6. The molecule has 0 unspecified atom stereocenters. The van der Waals surface area contributed by atoms with Crippen LogP contribution in [0.1, 0.15) is 50.4 Å². The van der Waals surface area contributed by atoms with E-state index in [1.165, 1.54) is 0 Å². The maximum atomic E-state index is 13.9. The highest BCUT2D eigenvalue weighted by molar-refractivity contribution is 6.37. The molecule has 174 valence electrons. The molecule has 6 heteroatoms. The van der Waals surface area contributed by atoms with Gasteiger partial charge in [0.15, 0.2) is 0 Å². The van der Waals surface area contributed by atoms with Crippen LogP contribution in [0.3, 0.4) is 0 Å². The normalized spacial score (nSPS) is 24.4. The molecule has 3 aromatic carbocycles. The Bertz CT molecular complexity index is 1370. The maximum absolute atomic E-state index is 13.9. The molecule has 6 rings (SSSR count). The number of carbonyl (C=O) groups is 4. The van der Waals surface area contributed by atoms with E-state index in [1.54, 1.807) is 36.4 Å². The van der Waals surface area contributed by atoms with Gasteiger partial charge in [-0.05, 0) is 36.6 Å². The first-order valence-electron chi connectivity index (χ1n) is 11.8. The highest BCUT2D eigenvalue weighted by atomic mass is 16.5. The summed E-state index contributed by atoms with van der Waals surface area (Å²) in [7, 11) is 0. The number of ketones is 2. The highest BCUT2D eigenvalue weighted by Crippen LogP contribution is 2.57. The van der Waals surface area contributed by atoms with Gasteiger partial charge < -0.3 is 4.74 Å². The number of Topliss-reactive ketones (excluding diaryl/α,β-unsaturated/α-hetero) is 2. The number of hydrogen-bond donors (Lipinski definition) is 0. The summed E-state index contributed by atoms with van der Waals surface area (Å²) in [4.78, 5) is 56.4. The Morgan fingerprint density at radius 3 is 1.97 bits per heavy atom. The van der Waals surface area contributed by atoms with Crippen molar-refractivity contribution in [2.24, 2.45) is 11.8 Å². The lowest BCUT2D eigenvalue weighted by Crippen LogP contribution is -2.51. The van der Waals surface area contributed by atoms with Crippen molar-refractivity contribution in [3.63, 3.8) is 0 Å². The molecule has 0 saturated carbocycles. The van der Waals surface area contributed by atoms with Crippen LogP contribution in [0.15, 0.2) is 72.8 Å². The standard InChI is InChI=1S/C29H23NO5/c1-3-17-10-12-18(13-11-17)24-22-23(28(34)30(27(22)33)19-14-8-16(2)9-15-19)29(35-24)25(31)20-6-4-5-7-21(20)26(29)32/h4-15,22-24H,3H2,1-2H3/t22-,23+,24-/m1/s1. The van der Waals surface area contributed by atoms with Crippen molar-refractivity contribution >= 4 is 29.1 Å². The molecule has 3 aliphatic rings. The zero-order chi connectivity index (χ0) is 24.5. The Morgan fingerprint density at radius 1 is 0.800 bits per heavy atom. The van der Waals surface area contributed by atoms with E-state index in [1.807, 2.05) is 50.2 Å². The molecule has 2 aliphatic heterocycles. The Balaban J connectivity index is 1.53. The van der Waals surface area contributed by atoms with Gasteiger partial charge in [0.1, 0.15) is 0 Å². The van der Waals surface area contributed by atoms with Gasteiger partial charge in [-0.3, -0.25) is 19.2 Å². The van der Waals surface area contributed by atoms with Crippen molar-refractivity contribution in [2.75, 3.05) is 4.90 Å². The fourth-order valence-electron chi connectivity index (χ4n) is 5.71. The first-order chi connectivity index (χ1) is 16.9. The second-order valence-corrected chi connectivity index (χ2v) is 9.42. The van der Waals surface area contributed by atoms with E-state index in [4.69, 9.17) is 4.74 Å². The molecule has 1 aliphatic carbocycles. The van der Waals surface area contributed by atoms with E-state index in [2.05, 4.69) is 0 Å². The lowest BCUT2D eigenvalue weighted by Gasteiger charge is -2.27. The number of hydrogen-bond acceptors (Lipinski definition) is 5. The van der Waals surface area contributed by atoms with Gasteiger partial charge in [-0.1, -0.05) is 73.2 Å². The minimum atomic E-state index is -2.05. The largest absolute Gasteiger partial charge is 0.349 e. The van der Waals surface area contributed by atoms with Gasteiger partial charge in [-0.25, -0.2) is 4.90 Å². The number of anilines is 1. The van der Waals surface area contributed by atoms with Crippen molar-refractivity contribution in [1.82, 2.24) is 0 Å². The highest BCUT2D eigenvalue weighted by Gasteiger charge is 2.74. The zero-order valence-corrected chi connectivity index (χ0v) is 19.4. The lowest BCUT2D eigenvalue weighted by molar-refractivity contribution is -0.127. The van der Waals surface area contributed by atoms with Crippen molar-refractivity contribution in [1.29, 1.82) is 0 Å². The van der Waals surface area contributed by atoms with Crippen molar-refractivity contribution in [2.45, 2.75) is 32.0 Å². The Hall–Kier alpha value is -3.90. The molecular formula is C29H23NO5. The van der Waals surface area contributed by atoms with Crippen LogP contribution in [0.5, 0.6) is 0 Å². The van der Waals surface area contributed by atoms with Gasteiger partial charge in [0.2, 0.25) is 29.0 Å². The number of ether oxygens (including phenoxy) is 1. The molecule has 1 spiro atoms. The van der Waals surface area contributed by atoms with Crippen LogP contribution < -0.4 is 4.90 Å². The number of imide groups is 1. The van der Waals surface area contributed by atoms with Gasteiger partial charge in [-0.2, -0.15) is 0 Å². The van der Waals surface area contributed by atoms with Crippen LogP contribution in [-0.4, -0.2) is 29.0 Å². The monoisotopic (exact) mass is 465 g/mol. The molecule has 2 heterocycles. The molecule has 0 aromatic heterocycles. The summed E-state index contributed by atoms with van der Waals surface area (Å²) in [6.07, 6.45) is -0.0628. The number of amides is 2. The topological polar surface area (TPSA) is 80.8 Å². The van der Waals surface area contributed by atoms with E-state index in [-0.39, 0.29) is 11.1 Å². The third-order valence-corrected chi connectivity index (χ3v) is 7.53. The minimum Gasteiger partial charge on any atom is -0.349 e. The summed E-state index contributed by atoms with van der Waals surface area (Å²) in [5, 5.41) is 0. The third-order valence-electron chi connectivity index (χ3n) is 7.53. The molecule has 2 saturated heterocycles. The third kappa shape index (κ3) is 2.80. The van der Waals surface area contributed by atoms with Crippen LogP contribution in [0.25, 0.3) is 0 Å². The average Bonchev–Trinajstić information content (AvgIpc) is 3.45. The van der Waals surface area contributed by atoms with E-state index in [9.17, 15) is 19.2 Å². The molecule has 2 amide bonds. The molecule has 3 atom stereocenters. The summed E-state index contributed by atoms with van der Waals surface area (Å²) >= 11 is 0. The van der Waals surface area contributed by atoms with Crippen molar-refractivity contribution < 1.29 is 23.9 Å². The summed E-state index contributed by atoms with van der Waals surface area (Å²) in [6, 6.07) is 21.1. The average molecular weight is 466 g/mol. The quantitative estimate of drug-likeness (QED) is 0.427. The maximum Gasteiger partial charge on any atom is 0.241 e. The van der Waals surface area contributed by atoms with E-state index in [0.717, 1.165) is 22.4 Å². The second-order valence-electron chi connectivity index (χ2n) is 9.42. The van der Waals surface area contributed by atoms with Gasteiger partial charge in [0.05, 0.1) is 23.6 Å². The number of carbonyl (C=O) groups excluding carboxylic acids is 4. The minimum absolute atomic E-state index is 0.229. The number of benzene rings is 3. The molecule has 0 radical (unpaired) electrons. The van der Waals surface area contributed by atoms with Gasteiger partial charge in [0.25, 0.3) is 0 Å². The predicted molar refractivity (Wildman–Crippen MR) is 128 cm³/mol. The molecule has 0 bridgehead atoms. The SMILES string of the molecule is CCc1ccc([C@H]2OC3(C(=O)c4ccccc4C3=O)[C@@H]3C(=O)N(c4ccc(C)cc4)C(=O)[C@@H]23)cc1. The molecule has 6 nitrogen and oxygen atoms in total.